The highest BCUT2D eigenvalue weighted by Gasteiger charge is 2.43. The van der Waals surface area contributed by atoms with Crippen molar-refractivity contribution < 1.29 is 28.7 Å². The minimum atomic E-state index is -4.65. The highest BCUT2D eigenvalue weighted by Crippen LogP contribution is 2.55. The average molecular weight is 310 g/mol. The molecule has 10 heteroatoms. The molecule has 0 bridgehead atoms. The maximum Gasteiger partial charge on any atom is 0.346 e. The van der Waals surface area contributed by atoms with Crippen molar-refractivity contribution in [2.24, 2.45) is 0 Å². The van der Waals surface area contributed by atoms with Gasteiger partial charge in [0.1, 0.15) is 11.1 Å². The maximum absolute atomic E-state index is 11.5. The average Bonchev–Trinajstić information content (AvgIpc) is 2.24. The Labute approximate surface area is 110 Å². The van der Waals surface area contributed by atoms with Gasteiger partial charge in [0.15, 0.2) is 0 Å². The van der Waals surface area contributed by atoms with E-state index in [4.69, 9.17) is 0 Å². The van der Waals surface area contributed by atoms with Gasteiger partial charge in [-0.05, 0) is 31.5 Å². The van der Waals surface area contributed by atoms with Gasteiger partial charge in [-0.25, -0.2) is 0 Å². The molecule has 0 aliphatic rings. The molecule has 1 atom stereocenters. The Morgan fingerprint density at radius 2 is 1.63 bits per heavy atom. The van der Waals surface area contributed by atoms with E-state index in [0.717, 1.165) is 0 Å². The van der Waals surface area contributed by atoms with E-state index in [1.807, 2.05) is 0 Å². The van der Waals surface area contributed by atoms with Crippen LogP contribution in [0.1, 0.15) is 25.2 Å². The topological polar surface area (TPSA) is 140 Å². The standard InChI is InChI=1S/C9H16N2O6P2/c1-9(2,19(15,16)17)11-8(18(12,13)14)7-3-5-10-6-4-7/h3-6,8,11H,1-2H3,(H2,12,13,14)(H2,15,16,17). The molecule has 0 saturated carbocycles. The fourth-order valence-electron chi connectivity index (χ4n) is 1.33. The number of aromatic nitrogens is 1. The fourth-order valence-corrected chi connectivity index (χ4v) is 2.78. The molecule has 0 fully saturated rings. The summed E-state index contributed by atoms with van der Waals surface area (Å²) >= 11 is 0. The molecule has 19 heavy (non-hydrogen) atoms. The normalized spacial score (nSPS) is 15.3. The van der Waals surface area contributed by atoms with Gasteiger partial charge in [-0.1, -0.05) is 0 Å². The number of rotatable bonds is 5. The van der Waals surface area contributed by atoms with Gasteiger partial charge in [-0.3, -0.25) is 19.4 Å². The molecular formula is C9H16N2O6P2. The van der Waals surface area contributed by atoms with E-state index in [9.17, 15) is 28.7 Å². The van der Waals surface area contributed by atoms with Crippen molar-refractivity contribution in [2.45, 2.75) is 24.9 Å². The van der Waals surface area contributed by atoms with Crippen molar-refractivity contribution in [1.29, 1.82) is 0 Å². The zero-order chi connectivity index (χ0) is 14.9. The molecule has 1 aromatic rings. The summed E-state index contributed by atoms with van der Waals surface area (Å²) < 4.78 is 22.8. The first kappa shape index (κ1) is 16.5. The second-order valence-corrected chi connectivity index (χ2v) is 8.42. The first-order chi connectivity index (χ1) is 8.45. The van der Waals surface area contributed by atoms with Crippen LogP contribution >= 0.6 is 15.2 Å². The van der Waals surface area contributed by atoms with E-state index >= 15 is 0 Å². The van der Waals surface area contributed by atoms with Gasteiger partial charge in [-0.2, -0.15) is 0 Å². The third-order valence-electron chi connectivity index (χ3n) is 2.58. The third kappa shape index (κ3) is 4.19. The van der Waals surface area contributed by atoms with Gasteiger partial charge in [-0.15, -0.1) is 0 Å². The lowest BCUT2D eigenvalue weighted by Crippen LogP contribution is -2.41. The lowest BCUT2D eigenvalue weighted by atomic mass is 10.2. The van der Waals surface area contributed by atoms with Crippen LogP contribution in [0.3, 0.4) is 0 Å². The molecule has 1 heterocycles. The van der Waals surface area contributed by atoms with Gasteiger partial charge >= 0.3 is 15.2 Å². The Kier molecular flexibility index (Phi) is 4.70. The summed E-state index contributed by atoms with van der Waals surface area (Å²) in [6, 6.07) is 2.74. The predicted octanol–water partition coefficient (Wildman–Crippen LogP) is 0.761. The lowest BCUT2D eigenvalue weighted by Gasteiger charge is -2.32. The molecule has 108 valence electrons. The van der Waals surface area contributed by atoms with Crippen LogP contribution in [0.5, 0.6) is 0 Å². The summed E-state index contributed by atoms with van der Waals surface area (Å²) in [5, 5.41) is 0.560. The molecule has 0 radical (unpaired) electrons. The molecule has 1 rings (SSSR count). The van der Waals surface area contributed by atoms with Crippen LogP contribution in [0.25, 0.3) is 0 Å². The molecule has 0 spiro atoms. The quantitative estimate of drug-likeness (QED) is 0.502. The van der Waals surface area contributed by atoms with Crippen molar-refractivity contribution in [2.75, 3.05) is 0 Å². The highest BCUT2D eigenvalue weighted by atomic mass is 31.2. The molecule has 1 unspecified atom stereocenters. The molecule has 0 saturated heterocycles. The third-order valence-corrected chi connectivity index (χ3v) is 5.26. The number of hydrogen-bond acceptors (Lipinski definition) is 4. The van der Waals surface area contributed by atoms with Gasteiger partial charge in [0.25, 0.3) is 0 Å². The number of hydrogen-bond donors (Lipinski definition) is 5. The summed E-state index contributed by atoms with van der Waals surface area (Å²) in [5.74, 6) is -1.52. The van der Waals surface area contributed by atoms with Crippen LogP contribution in [-0.4, -0.2) is 29.8 Å². The van der Waals surface area contributed by atoms with E-state index in [-0.39, 0.29) is 5.56 Å². The summed E-state index contributed by atoms with van der Waals surface area (Å²) in [7, 11) is -9.23. The predicted molar refractivity (Wildman–Crippen MR) is 68.3 cm³/mol. The van der Waals surface area contributed by atoms with E-state index in [1.165, 1.54) is 38.4 Å². The smallest absolute Gasteiger partial charge is 0.323 e. The van der Waals surface area contributed by atoms with E-state index in [1.54, 1.807) is 0 Å². The van der Waals surface area contributed by atoms with Crippen LogP contribution in [0.4, 0.5) is 0 Å². The maximum atomic E-state index is 11.5. The van der Waals surface area contributed by atoms with Gasteiger partial charge < -0.3 is 19.6 Å². The van der Waals surface area contributed by atoms with Crippen molar-refractivity contribution in [3.05, 3.63) is 30.1 Å². The van der Waals surface area contributed by atoms with Crippen LogP contribution in [-0.2, 0) is 9.13 Å². The largest absolute Gasteiger partial charge is 0.346 e. The summed E-state index contributed by atoms with van der Waals surface area (Å²) in [4.78, 5) is 40.8. The molecule has 0 aliphatic heterocycles. The minimum absolute atomic E-state index is 0.199. The molecule has 0 aromatic carbocycles. The van der Waals surface area contributed by atoms with Crippen molar-refractivity contribution in [3.63, 3.8) is 0 Å². The monoisotopic (exact) mass is 310 g/mol. The molecule has 1 aromatic heterocycles. The zero-order valence-corrected chi connectivity index (χ0v) is 12.1. The fraction of sp³-hybridized carbons (Fsp3) is 0.444. The Balaban J connectivity index is 3.16. The van der Waals surface area contributed by atoms with Crippen molar-refractivity contribution in [3.8, 4) is 0 Å². The lowest BCUT2D eigenvalue weighted by molar-refractivity contribution is 0.296. The summed E-state index contributed by atoms with van der Waals surface area (Å²) in [6.07, 6.45) is 2.67. The molecule has 0 aliphatic carbocycles. The summed E-state index contributed by atoms with van der Waals surface area (Å²) in [6.45, 7) is 2.36. The molecule has 5 N–H and O–H groups in total. The molecule has 0 amide bonds. The Bertz CT molecular complexity index is 523. The minimum Gasteiger partial charge on any atom is -0.323 e. The molecular weight excluding hydrogens is 294 g/mol. The van der Waals surface area contributed by atoms with Crippen molar-refractivity contribution >= 4 is 15.2 Å². The van der Waals surface area contributed by atoms with Gasteiger partial charge in [0, 0.05) is 12.4 Å². The Hall–Kier alpha value is -0.590. The van der Waals surface area contributed by atoms with Gasteiger partial charge in [0.2, 0.25) is 0 Å². The van der Waals surface area contributed by atoms with Crippen LogP contribution in [0.2, 0.25) is 0 Å². The first-order valence-corrected chi connectivity index (χ1v) is 8.53. The first-order valence-electron chi connectivity index (χ1n) is 5.23. The summed E-state index contributed by atoms with van der Waals surface area (Å²) in [5.41, 5.74) is 0.199. The SMILES string of the molecule is CC(C)(NC(c1ccncc1)P(=O)(O)O)P(=O)(O)O. The second-order valence-electron chi connectivity index (χ2n) is 4.52. The van der Waals surface area contributed by atoms with Crippen LogP contribution in [0.15, 0.2) is 24.5 Å². The van der Waals surface area contributed by atoms with Gasteiger partial charge in [0.05, 0.1) is 0 Å². The van der Waals surface area contributed by atoms with E-state index in [2.05, 4.69) is 10.3 Å². The number of nitrogens with one attached hydrogen (secondary N) is 1. The zero-order valence-electron chi connectivity index (χ0n) is 10.3. The number of nitrogens with zero attached hydrogens (tertiary/aromatic N) is 1. The Morgan fingerprint density at radius 3 is 2.00 bits per heavy atom. The highest BCUT2D eigenvalue weighted by molar-refractivity contribution is 7.54. The van der Waals surface area contributed by atoms with E-state index in [0.29, 0.717) is 0 Å². The van der Waals surface area contributed by atoms with Crippen LogP contribution in [0, 0.1) is 0 Å². The van der Waals surface area contributed by atoms with Crippen LogP contribution < -0.4 is 5.32 Å². The number of pyridine rings is 1. The Morgan fingerprint density at radius 1 is 1.16 bits per heavy atom. The second kappa shape index (κ2) is 5.42. The molecule has 8 nitrogen and oxygen atoms in total. The van der Waals surface area contributed by atoms with E-state index < -0.39 is 26.3 Å². The van der Waals surface area contributed by atoms with Crippen molar-refractivity contribution in [1.82, 2.24) is 10.3 Å².